The number of hydrogen-bond donors (Lipinski definition) is 1. The molecule has 1 unspecified atom stereocenters. The van der Waals surface area contributed by atoms with Crippen LogP contribution in [0.2, 0.25) is 0 Å². The van der Waals surface area contributed by atoms with Gasteiger partial charge in [-0.2, -0.15) is 0 Å². The molecule has 4 rings (SSSR count). The van der Waals surface area contributed by atoms with Crippen molar-refractivity contribution in [3.05, 3.63) is 23.8 Å². The molecule has 6 nitrogen and oxygen atoms in total. The number of aryl methyl sites for hydroxylation is 1. The molecule has 0 bridgehead atoms. The Labute approximate surface area is 187 Å². The maximum Gasteiger partial charge on any atom is 0.222 e. The van der Waals surface area contributed by atoms with E-state index < -0.39 is 0 Å². The van der Waals surface area contributed by atoms with Crippen LogP contribution in [0.3, 0.4) is 0 Å². The predicted octanol–water partition coefficient (Wildman–Crippen LogP) is 2.83. The maximum atomic E-state index is 12.5. The summed E-state index contributed by atoms with van der Waals surface area (Å²) in [5, 5.41) is 3.54. The average Bonchev–Trinajstić information content (AvgIpc) is 2.69. The van der Waals surface area contributed by atoms with Crippen molar-refractivity contribution in [2.75, 3.05) is 39.3 Å². The molecule has 29 heavy (non-hydrogen) atoms. The molecule has 0 aliphatic carbocycles. The van der Waals surface area contributed by atoms with Crippen molar-refractivity contribution in [3.8, 4) is 0 Å². The van der Waals surface area contributed by atoms with Gasteiger partial charge < -0.3 is 15.1 Å². The highest BCUT2D eigenvalue weighted by Gasteiger charge is 2.41. The van der Waals surface area contributed by atoms with Crippen LogP contribution in [0.15, 0.2) is 12.4 Å². The largest absolute Gasteiger partial charge is 0.336 e. The molecule has 1 aromatic rings. The van der Waals surface area contributed by atoms with Crippen molar-refractivity contribution in [2.45, 2.75) is 52.0 Å². The summed E-state index contributed by atoms with van der Waals surface area (Å²) in [7, 11) is 0. The van der Waals surface area contributed by atoms with Crippen LogP contribution in [-0.4, -0.2) is 64.9 Å². The van der Waals surface area contributed by atoms with Gasteiger partial charge in [-0.3, -0.25) is 14.8 Å². The zero-order valence-electron chi connectivity index (χ0n) is 17.4. The molecule has 3 fully saturated rings. The highest BCUT2D eigenvalue weighted by Crippen LogP contribution is 2.40. The standard InChI is InChI=1S/C21H33N5O.2ClH/c1-17-11-24-19(13-23-17)15-26-16-21(5-4-20(26)27)6-9-25(10-7-21)14-18-3-2-8-22-12-18;;/h11,13,18,22H,2-10,12,14-16H2,1H3;2*1H. The van der Waals surface area contributed by atoms with E-state index in [0.717, 1.165) is 30.3 Å². The lowest BCUT2D eigenvalue weighted by atomic mass is 9.72. The summed E-state index contributed by atoms with van der Waals surface area (Å²) in [5.74, 6) is 1.09. The fourth-order valence-corrected chi connectivity index (χ4v) is 5.01. The van der Waals surface area contributed by atoms with E-state index in [1.807, 2.05) is 18.0 Å². The summed E-state index contributed by atoms with van der Waals surface area (Å²) >= 11 is 0. The number of aromatic nitrogens is 2. The van der Waals surface area contributed by atoms with Gasteiger partial charge in [0.1, 0.15) is 0 Å². The first-order chi connectivity index (χ1) is 13.1. The van der Waals surface area contributed by atoms with Crippen LogP contribution in [0.4, 0.5) is 0 Å². The Morgan fingerprint density at radius 3 is 2.62 bits per heavy atom. The van der Waals surface area contributed by atoms with Crippen LogP contribution in [0.1, 0.15) is 49.9 Å². The number of hydrogen-bond acceptors (Lipinski definition) is 5. The lowest BCUT2D eigenvalue weighted by Gasteiger charge is -2.48. The van der Waals surface area contributed by atoms with E-state index in [1.165, 1.54) is 58.4 Å². The van der Waals surface area contributed by atoms with Gasteiger partial charge in [0.05, 0.1) is 24.1 Å². The summed E-state index contributed by atoms with van der Waals surface area (Å²) in [6, 6.07) is 0. The molecule has 1 aromatic heterocycles. The number of nitrogens with zero attached hydrogens (tertiary/aromatic N) is 4. The summed E-state index contributed by atoms with van der Waals surface area (Å²) < 4.78 is 0. The Morgan fingerprint density at radius 1 is 1.17 bits per heavy atom. The molecule has 8 heteroatoms. The maximum absolute atomic E-state index is 12.5. The van der Waals surface area contributed by atoms with E-state index in [9.17, 15) is 4.79 Å². The van der Waals surface area contributed by atoms with Crippen molar-refractivity contribution in [1.29, 1.82) is 0 Å². The number of piperidine rings is 3. The van der Waals surface area contributed by atoms with Crippen LogP contribution in [0.25, 0.3) is 0 Å². The van der Waals surface area contributed by atoms with E-state index in [0.29, 0.717) is 18.4 Å². The molecule has 1 amide bonds. The topological polar surface area (TPSA) is 61.4 Å². The lowest BCUT2D eigenvalue weighted by Crippen LogP contribution is -2.52. The van der Waals surface area contributed by atoms with Gasteiger partial charge in [-0.15, -0.1) is 24.8 Å². The van der Waals surface area contributed by atoms with Gasteiger partial charge in [-0.25, -0.2) is 0 Å². The number of nitrogens with one attached hydrogen (secondary N) is 1. The fraction of sp³-hybridized carbons (Fsp3) is 0.762. The molecule has 1 N–H and O–H groups in total. The number of carbonyl (C=O) groups is 1. The third-order valence-corrected chi connectivity index (χ3v) is 6.77. The van der Waals surface area contributed by atoms with Crippen LogP contribution in [0.5, 0.6) is 0 Å². The van der Waals surface area contributed by atoms with Gasteiger partial charge in [0.2, 0.25) is 5.91 Å². The molecule has 0 radical (unpaired) electrons. The van der Waals surface area contributed by atoms with Crippen molar-refractivity contribution < 1.29 is 4.79 Å². The first-order valence-corrected chi connectivity index (χ1v) is 10.6. The quantitative estimate of drug-likeness (QED) is 0.774. The fourth-order valence-electron chi connectivity index (χ4n) is 5.01. The summed E-state index contributed by atoms with van der Waals surface area (Å²) in [6.45, 7) is 9.41. The number of likely N-dealkylation sites (tertiary alicyclic amines) is 2. The minimum Gasteiger partial charge on any atom is -0.336 e. The monoisotopic (exact) mass is 443 g/mol. The summed E-state index contributed by atoms with van der Waals surface area (Å²) in [6.07, 6.45) is 10.5. The highest BCUT2D eigenvalue weighted by molar-refractivity contribution is 5.85. The minimum atomic E-state index is 0. The SMILES string of the molecule is Cc1cnc(CN2CC3(CCC2=O)CCN(CC2CCCNC2)CC3)cn1.Cl.Cl. The van der Waals surface area contributed by atoms with Gasteiger partial charge in [-0.05, 0) is 76.5 Å². The van der Waals surface area contributed by atoms with E-state index >= 15 is 0 Å². The molecule has 3 aliphatic rings. The van der Waals surface area contributed by atoms with E-state index in [-0.39, 0.29) is 30.7 Å². The summed E-state index contributed by atoms with van der Waals surface area (Å²) in [4.78, 5) is 25.9. The molecular weight excluding hydrogens is 409 g/mol. The minimum absolute atomic E-state index is 0. The van der Waals surface area contributed by atoms with Gasteiger partial charge in [-0.1, -0.05) is 0 Å². The van der Waals surface area contributed by atoms with E-state index in [4.69, 9.17) is 0 Å². The second-order valence-corrected chi connectivity index (χ2v) is 8.91. The van der Waals surface area contributed by atoms with Gasteiger partial charge in [0.25, 0.3) is 0 Å². The van der Waals surface area contributed by atoms with Gasteiger partial charge >= 0.3 is 0 Å². The van der Waals surface area contributed by atoms with E-state index in [1.54, 1.807) is 6.20 Å². The first-order valence-electron chi connectivity index (χ1n) is 10.6. The van der Waals surface area contributed by atoms with Crippen molar-refractivity contribution in [2.24, 2.45) is 11.3 Å². The Balaban J connectivity index is 0.00000150. The predicted molar refractivity (Wildman–Crippen MR) is 120 cm³/mol. The number of carbonyl (C=O) groups excluding carboxylic acids is 1. The van der Waals surface area contributed by atoms with Crippen molar-refractivity contribution in [3.63, 3.8) is 0 Å². The van der Waals surface area contributed by atoms with Gasteiger partial charge in [0, 0.05) is 25.7 Å². The molecule has 3 saturated heterocycles. The molecule has 164 valence electrons. The van der Waals surface area contributed by atoms with Crippen LogP contribution < -0.4 is 5.32 Å². The van der Waals surface area contributed by atoms with Crippen LogP contribution >= 0.6 is 24.8 Å². The highest BCUT2D eigenvalue weighted by atomic mass is 35.5. The molecule has 1 spiro atoms. The van der Waals surface area contributed by atoms with Crippen molar-refractivity contribution >= 4 is 30.7 Å². The Hall–Kier alpha value is -0.950. The molecule has 0 aromatic carbocycles. The van der Waals surface area contributed by atoms with Crippen molar-refractivity contribution in [1.82, 2.24) is 25.1 Å². The summed E-state index contributed by atoms with van der Waals surface area (Å²) in [5.41, 5.74) is 2.13. The van der Waals surface area contributed by atoms with Gasteiger partial charge in [0.15, 0.2) is 0 Å². The molecule has 3 aliphatic heterocycles. The molecule has 4 heterocycles. The normalized spacial score (nSPS) is 24.7. The zero-order chi connectivity index (χ0) is 18.7. The number of halogens is 2. The number of amides is 1. The first kappa shape index (κ1) is 24.3. The second-order valence-electron chi connectivity index (χ2n) is 8.91. The van der Waals surface area contributed by atoms with Crippen LogP contribution in [0, 0.1) is 18.3 Å². The number of rotatable bonds is 4. The second kappa shape index (κ2) is 10.9. The zero-order valence-corrected chi connectivity index (χ0v) is 19.1. The molecular formula is C21H35Cl2N5O. The Morgan fingerprint density at radius 2 is 1.97 bits per heavy atom. The third kappa shape index (κ3) is 6.27. The lowest BCUT2D eigenvalue weighted by molar-refractivity contribution is -0.140. The van der Waals surface area contributed by atoms with Crippen LogP contribution in [-0.2, 0) is 11.3 Å². The Kier molecular flexibility index (Phi) is 9.14. The smallest absolute Gasteiger partial charge is 0.222 e. The Bertz CT molecular complexity index is 643. The third-order valence-electron chi connectivity index (χ3n) is 6.77. The molecule has 1 atom stereocenters. The van der Waals surface area contributed by atoms with E-state index in [2.05, 4.69) is 20.2 Å². The average molecular weight is 444 g/mol. The molecule has 0 saturated carbocycles.